The quantitative estimate of drug-likeness (QED) is 0.578. The Kier molecular flexibility index (Phi) is 3.44. The first kappa shape index (κ1) is 11.0. The van der Waals surface area contributed by atoms with Gasteiger partial charge in [-0.3, -0.25) is 0 Å². The molecule has 0 saturated carbocycles. The number of carbonyl (C=O) groups excluding carboxylic acids is 1. The van der Waals surface area contributed by atoms with Crippen molar-refractivity contribution in [2.45, 2.75) is 26.2 Å². The second-order valence-electron chi connectivity index (χ2n) is 3.91. The average molecular weight is 220 g/mol. The Balaban J connectivity index is 2.01. The number of benzene rings is 1. The van der Waals surface area contributed by atoms with Crippen molar-refractivity contribution in [1.82, 2.24) is 0 Å². The molecule has 0 radical (unpaired) electrons. The van der Waals surface area contributed by atoms with Crippen LogP contribution in [0.25, 0.3) is 0 Å². The van der Waals surface area contributed by atoms with E-state index >= 15 is 0 Å². The van der Waals surface area contributed by atoms with Crippen LogP contribution in [-0.4, -0.2) is 19.2 Å². The molecule has 0 unspecified atom stereocenters. The van der Waals surface area contributed by atoms with Gasteiger partial charge in [0.2, 0.25) is 0 Å². The van der Waals surface area contributed by atoms with Crippen molar-refractivity contribution >= 4 is 5.97 Å². The maximum absolute atomic E-state index is 11.7. The number of hydrogen-bond donors (Lipinski definition) is 0. The summed E-state index contributed by atoms with van der Waals surface area (Å²) in [4.78, 5) is 11.7. The van der Waals surface area contributed by atoms with Crippen LogP contribution >= 0.6 is 0 Å². The molecule has 0 aromatic heterocycles. The molecule has 0 spiro atoms. The smallest absolute Gasteiger partial charge is 0.338 e. The second-order valence-corrected chi connectivity index (χ2v) is 3.91. The molecule has 1 aromatic carbocycles. The monoisotopic (exact) mass is 220 g/mol. The van der Waals surface area contributed by atoms with Crippen molar-refractivity contribution in [3.05, 3.63) is 29.3 Å². The van der Waals surface area contributed by atoms with Crippen molar-refractivity contribution in [3.8, 4) is 5.75 Å². The lowest BCUT2D eigenvalue weighted by Gasteiger charge is -2.05. The van der Waals surface area contributed by atoms with Crippen molar-refractivity contribution < 1.29 is 14.3 Å². The van der Waals surface area contributed by atoms with Crippen LogP contribution < -0.4 is 4.74 Å². The molecule has 1 aliphatic rings. The molecule has 1 heterocycles. The first-order chi connectivity index (χ1) is 7.81. The SMILES string of the molecule is CCCCOC(=O)c1ccc2c(c1)CCO2. The Morgan fingerprint density at radius 1 is 1.50 bits per heavy atom. The number of ether oxygens (including phenoxy) is 2. The van der Waals surface area contributed by atoms with Crippen LogP contribution in [0.2, 0.25) is 0 Å². The normalized spacial score (nSPS) is 13.1. The molecule has 0 bridgehead atoms. The van der Waals surface area contributed by atoms with Crippen LogP contribution in [0, 0.1) is 0 Å². The summed E-state index contributed by atoms with van der Waals surface area (Å²) in [6.07, 6.45) is 2.83. The van der Waals surface area contributed by atoms with Gasteiger partial charge in [-0.25, -0.2) is 4.79 Å². The minimum absolute atomic E-state index is 0.233. The predicted molar refractivity (Wildman–Crippen MR) is 60.8 cm³/mol. The highest BCUT2D eigenvalue weighted by atomic mass is 16.5. The molecule has 86 valence electrons. The van der Waals surface area contributed by atoms with E-state index in [2.05, 4.69) is 6.92 Å². The zero-order chi connectivity index (χ0) is 11.4. The fraction of sp³-hybridized carbons (Fsp3) is 0.462. The Hall–Kier alpha value is -1.51. The van der Waals surface area contributed by atoms with Gasteiger partial charge >= 0.3 is 5.97 Å². The van der Waals surface area contributed by atoms with Gasteiger partial charge in [-0.15, -0.1) is 0 Å². The Morgan fingerprint density at radius 3 is 3.19 bits per heavy atom. The topological polar surface area (TPSA) is 35.5 Å². The van der Waals surface area contributed by atoms with Crippen molar-refractivity contribution in [2.75, 3.05) is 13.2 Å². The lowest BCUT2D eigenvalue weighted by Crippen LogP contribution is -2.06. The number of hydrogen-bond acceptors (Lipinski definition) is 3. The first-order valence-electron chi connectivity index (χ1n) is 5.74. The van der Waals surface area contributed by atoms with Crippen LogP contribution in [0.15, 0.2) is 18.2 Å². The number of carbonyl (C=O) groups is 1. The highest BCUT2D eigenvalue weighted by Gasteiger charge is 2.15. The third-order valence-electron chi connectivity index (χ3n) is 2.66. The van der Waals surface area contributed by atoms with Crippen LogP contribution in [0.5, 0.6) is 5.75 Å². The van der Waals surface area contributed by atoms with E-state index in [0.29, 0.717) is 18.8 Å². The van der Waals surface area contributed by atoms with E-state index in [1.807, 2.05) is 12.1 Å². The van der Waals surface area contributed by atoms with E-state index < -0.39 is 0 Å². The van der Waals surface area contributed by atoms with Crippen LogP contribution in [0.3, 0.4) is 0 Å². The molecule has 1 aromatic rings. The van der Waals surface area contributed by atoms with Gasteiger partial charge in [0.25, 0.3) is 0 Å². The van der Waals surface area contributed by atoms with Gasteiger partial charge in [0.1, 0.15) is 5.75 Å². The van der Waals surface area contributed by atoms with Gasteiger partial charge in [-0.05, 0) is 30.2 Å². The Morgan fingerprint density at radius 2 is 2.38 bits per heavy atom. The van der Waals surface area contributed by atoms with Gasteiger partial charge in [0.05, 0.1) is 18.8 Å². The highest BCUT2D eigenvalue weighted by molar-refractivity contribution is 5.89. The molecule has 0 fully saturated rings. The lowest BCUT2D eigenvalue weighted by molar-refractivity contribution is 0.0499. The van der Waals surface area contributed by atoms with E-state index in [4.69, 9.17) is 9.47 Å². The Labute approximate surface area is 95.4 Å². The third kappa shape index (κ3) is 2.35. The summed E-state index contributed by atoms with van der Waals surface area (Å²) < 4.78 is 10.5. The van der Waals surface area contributed by atoms with Crippen LogP contribution in [0.4, 0.5) is 0 Å². The van der Waals surface area contributed by atoms with Crippen LogP contribution in [0.1, 0.15) is 35.7 Å². The molecule has 2 rings (SSSR count). The molecule has 0 amide bonds. The summed E-state index contributed by atoms with van der Waals surface area (Å²) in [6.45, 7) is 3.28. The molecule has 3 nitrogen and oxygen atoms in total. The van der Waals surface area contributed by atoms with E-state index in [1.165, 1.54) is 0 Å². The van der Waals surface area contributed by atoms with Crippen molar-refractivity contribution in [1.29, 1.82) is 0 Å². The number of rotatable bonds is 4. The fourth-order valence-corrected chi connectivity index (χ4v) is 1.71. The average Bonchev–Trinajstić information content (AvgIpc) is 2.76. The number of unbranched alkanes of at least 4 members (excludes halogenated alkanes) is 1. The molecule has 0 atom stereocenters. The zero-order valence-corrected chi connectivity index (χ0v) is 9.49. The molecule has 1 aliphatic heterocycles. The van der Waals surface area contributed by atoms with Gasteiger partial charge in [0.15, 0.2) is 0 Å². The summed E-state index contributed by atoms with van der Waals surface area (Å²) in [5, 5.41) is 0. The molecular formula is C13H16O3. The van der Waals surface area contributed by atoms with Gasteiger partial charge in [0, 0.05) is 6.42 Å². The van der Waals surface area contributed by atoms with Crippen molar-refractivity contribution in [3.63, 3.8) is 0 Å². The molecule has 16 heavy (non-hydrogen) atoms. The first-order valence-corrected chi connectivity index (χ1v) is 5.74. The molecular weight excluding hydrogens is 204 g/mol. The van der Waals surface area contributed by atoms with E-state index in [-0.39, 0.29) is 5.97 Å². The summed E-state index contributed by atoms with van der Waals surface area (Å²) >= 11 is 0. The zero-order valence-electron chi connectivity index (χ0n) is 9.49. The predicted octanol–water partition coefficient (Wildman–Crippen LogP) is 2.58. The largest absolute Gasteiger partial charge is 0.493 e. The lowest BCUT2D eigenvalue weighted by atomic mass is 10.1. The summed E-state index contributed by atoms with van der Waals surface area (Å²) in [5.41, 5.74) is 1.73. The fourth-order valence-electron chi connectivity index (χ4n) is 1.71. The van der Waals surface area contributed by atoms with Gasteiger partial charge in [-0.2, -0.15) is 0 Å². The van der Waals surface area contributed by atoms with E-state index in [1.54, 1.807) is 6.07 Å². The number of esters is 1. The molecule has 0 N–H and O–H groups in total. The maximum atomic E-state index is 11.7. The van der Waals surface area contributed by atoms with E-state index in [9.17, 15) is 4.79 Å². The Bertz CT molecular complexity index is 385. The number of fused-ring (bicyclic) bond motifs is 1. The van der Waals surface area contributed by atoms with E-state index in [0.717, 1.165) is 30.6 Å². The molecule has 0 aliphatic carbocycles. The van der Waals surface area contributed by atoms with Gasteiger partial charge < -0.3 is 9.47 Å². The second kappa shape index (κ2) is 5.01. The summed E-state index contributed by atoms with van der Waals surface area (Å²) in [7, 11) is 0. The molecule has 0 saturated heterocycles. The van der Waals surface area contributed by atoms with Crippen molar-refractivity contribution in [2.24, 2.45) is 0 Å². The van der Waals surface area contributed by atoms with Gasteiger partial charge in [-0.1, -0.05) is 13.3 Å². The minimum atomic E-state index is -0.233. The maximum Gasteiger partial charge on any atom is 0.338 e. The summed E-state index contributed by atoms with van der Waals surface area (Å²) in [5.74, 6) is 0.660. The third-order valence-corrected chi connectivity index (χ3v) is 2.66. The standard InChI is InChI=1S/C13H16O3/c1-2-3-7-16-13(14)11-4-5-12-10(9-11)6-8-15-12/h4-5,9H,2-3,6-8H2,1H3. The summed E-state index contributed by atoms with van der Waals surface area (Å²) in [6, 6.07) is 5.48. The minimum Gasteiger partial charge on any atom is -0.493 e. The molecule has 3 heteroatoms. The van der Waals surface area contributed by atoms with Crippen LogP contribution in [-0.2, 0) is 11.2 Å². The highest BCUT2D eigenvalue weighted by Crippen LogP contribution is 2.26.